The van der Waals surface area contributed by atoms with Gasteiger partial charge in [0.2, 0.25) is 10.0 Å². The summed E-state index contributed by atoms with van der Waals surface area (Å²) in [5.74, 6) is -1.46. The summed E-state index contributed by atoms with van der Waals surface area (Å²) in [4.78, 5) is 10.9. The van der Waals surface area contributed by atoms with E-state index in [0.29, 0.717) is 5.76 Å². The van der Waals surface area contributed by atoms with E-state index in [0.717, 1.165) is 0 Å². The molecule has 102 valence electrons. The van der Waals surface area contributed by atoms with E-state index in [4.69, 9.17) is 9.63 Å². The van der Waals surface area contributed by atoms with Crippen LogP contribution in [0.5, 0.6) is 0 Å². The van der Waals surface area contributed by atoms with Crippen molar-refractivity contribution in [2.24, 2.45) is 5.92 Å². The largest absolute Gasteiger partial charge is 0.480 e. The fourth-order valence-electron chi connectivity index (χ4n) is 1.39. The summed E-state index contributed by atoms with van der Waals surface area (Å²) in [6.07, 6.45) is 0. The normalized spacial score (nSPS) is 13.8. The van der Waals surface area contributed by atoms with Crippen LogP contribution in [0.2, 0.25) is 0 Å². The standard InChI is InChI=1S/C10H16N2O5S/c1-6(2)9(10(13)14)12-18(15,16)5-8-4-7(3)17-11-8/h4,6,9,12H,5H2,1-3H3,(H,13,14)/t9-/m1/s1. The summed E-state index contributed by atoms with van der Waals surface area (Å²) in [5, 5.41) is 12.5. The van der Waals surface area contributed by atoms with Gasteiger partial charge in [-0.05, 0) is 12.8 Å². The van der Waals surface area contributed by atoms with Crippen molar-refractivity contribution in [1.29, 1.82) is 0 Å². The minimum atomic E-state index is -3.76. The predicted octanol–water partition coefficient (Wildman–Crippen LogP) is 0.512. The summed E-state index contributed by atoms with van der Waals surface area (Å²) < 4.78 is 30.4. The molecule has 18 heavy (non-hydrogen) atoms. The van der Waals surface area contributed by atoms with Gasteiger partial charge in [0, 0.05) is 6.07 Å². The molecule has 0 amide bonds. The van der Waals surface area contributed by atoms with Crippen LogP contribution in [-0.4, -0.2) is 30.7 Å². The minimum absolute atomic E-state index is 0.243. The highest BCUT2D eigenvalue weighted by molar-refractivity contribution is 7.88. The van der Waals surface area contributed by atoms with Crippen molar-refractivity contribution in [2.75, 3.05) is 0 Å². The van der Waals surface area contributed by atoms with Gasteiger partial charge in [-0.2, -0.15) is 0 Å². The van der Waals surface area contributed by atoms with Gasteiger partial charge in [0.25, 0.3) is 0 Å². The molecule has 0 aromatic carbocycles. The highest BCUT2D eigenvalue weighted by atomic mass is 32.2. The number of sulfonamides is 1. The fourth-order valence-corrected chi connectivity index (χ4v) is 2.76. The summed E-state index contributed by atoms with van der Waals surface area (Å²) in [6, 6.07) is 0.340. The molecule has 8 heteroatoms. The number of nitrogens with zero attached hydrogens (tertiary/aromatic N) is 1. The van der Waals surface area contributed by atoms with E-state index < -0.39 is 27.8 Å². The molecular formula is C10H16N2O5S. The highest BCUT2D eigenvalue weighted by Crippen LogP contribution is 2.09. The molecule has 0 unspecified atom stereocenters. The number of carboxylic acid groups (broad SMARTS) is 1. The smallest absolute Gasteiger partial charge is 0.321 e. The van der Waals surface area contributed by atoms with E-state index in [2.05, 4.69) is 9.88 Å². The maximum absolute atomic E-state index is 11.8. The Balaban J connectivity index is 2.78. The van der Waals surface area contributed by atoms with Gasteiger partial charge in [-0.1, -0.05) is 19.0 Å². The Labute approximate surface area is 105 Å². The van der Waals surface area contributed by atoms with Crippen molar-refractivity contribution in [2.45, 2.75) is 32.6 Å². The van der Waals surface area contributed by atoms with E-state index in [9.17, 15) is 13.2 Å². The number of aryl methyl sites for hydroxylation is 1. The first kappa shape index (κ1) is 14.7. The average molecular weight is 276 g/mol. The number of aliphatic carboxylic acids is 1. The van der Waals surface area contributed by atoms with Gasteiger partial charge in [-0.25, -0.2) is 13.1 Å². The van der Waals surface area contributed by atoms with Crippen LogP contribution in [0, 0.1) is 12.8 Å². The molecule has 1 heterocycles. The molecular weight excluding hydrogens is 260 g/mol. The van der Waals surface area contributed by atoms with Crippen molar-refractivity contribution in [1.82, 2.24) is 9.88 Å². The zero-order valence-corrected chi connectivity index (χ0v) is 11.2. The molecule has 7 nitrogen and oxygen atoms in total. The molecule has 1 aromatic rings. The van der Waals surface area contributed by atoms with Gasteiger partial charge in [0.1, 0.15) is 23.2 Å². The van der Waals surface area contributed by atoms with E-state index in [1.54, 1.807) is 20.8 Å². The van der Waals surface area contributed by atoms with Crippen molar-refractivity contribution in [3.63, 3.8) is 0 Å². The molecule has 0 aliphatic heterocycles. The number of hydrogen-bond donors (Lipinski definition) is 2. The van der Waals surface area contributed by atoms with Crippen LogP contribution >= 0.6 is 0 Å². The molecule has 0 bridgehead atoms. The molecule has 0 saturated carbocycles. The van der Waals surface area contributed by atoms with E-state index in [1.165, 1.54) is 6.07 Å². The SMILES string of the molecule is Cc1cc(CS(=O)(=O)N[C@@H](C(=O)O)C(C)C)no1. The second-order valence-electron chi connectivity index (χ2n) is 4.37. The van der Waals surface area contributed by atoms with E-state index >= 15 is 0 Å². The van der Waals surface area contributed by atoms with Gasteiger partial charge in [-0.3, -0.25) is 4.79 Å². The van der Waals surface area contributed by atoms with Crippen LogP contribution in [0.3, 0.4) is 0 Å². The Morgan fingerprint density at radius 3 is 2.56 bits per heavy atom. The third kappa shape index (κ3) is 4.11. The van der Waals surface area contributed by atoms with Crippen LogP contribution in [0.25, 0.3) is 0 Å². The molecule has 1 aromatic heterocycles. The Kier molecular flexibility index (Phi) is 4.47. The van der Waals surface area contributed by atoms with Crippen LogP contribution in [0.1, 0.15) is 25.3 Å². The van der Waals surface area contributed by atoms with Gasteiger partial charge in [0.05, 0.1) is 0 Å². The topological polar surface area (TPSA) is 110 Å². The van der Waals surface area contributed by atoms with Crippen LogP contribution in [-0.2, 0) is 20.6 Å². The minimum Gasteiger partial charge on any atom is -0.480 e. The van der Waals surface area contributed by atoms with Crippen molar-refractivity contribution in [3.8, 4) is 0 Å². The van der Waals surface area contributed by atoms with Crippen LogP contribution in [0.4, 0.5) is 0 Å². The lowest BCUT2D eigenvalue weighted by Gasteiger charge is -2.17. The quantitative estimate of drug-likeness (QED) is 0.783. The van der Waals surface area contributed by atoms with Crippen molar-refractivity contribution >= 4 is 16.0 Å². The molecule has 0 radical (unpaired) electrons. The molecule has 2 N–H and O–H groups in total. The van der Waals surface area contributed by atoms with Gasteiger partial charge >= 0.3 is 5.97 Å². The zero-order chi connectivity index (χ0) is 13.9. The maximum atomic E-state index is 11.8. The first-order valence-electron chi connectivity index (χ1n) is 5.36. The monoisotopic (exact) mass is 276 g/mol. The van der Waals surface area contributed by atoms with Crippen molar-refractivity contribution < 1.29 is 22.8 Å². The van der Waals surface area contributed by atoms with E-state index in [-0.39, 0.29) is 11.6 Å². The molecule has 0 aliphatic rings. The summed E-state index contributed by atoms with van der Waals surface area (Å²) in [6.45, 7) is 4.90. The molecule has 1 rings (SSSR count). The Hall–Kier alpha value is -1.41. The average Bonchev–Trinajstić information content (AvgIpc) is 2.58. The van der Waals surface area contributed by atoms with Crippen LogP contribution in [0.15, 0.2) is 10.6 Å². The summed E-state index contributed by atoms with van der Waals surface area (Å²) in [7, 11) is -3.76. The summed E-state index contributed by atoms with van der Waals surface area (Å²) >= 11 is 0. The van der Waals surface area contributed by atoms with Gasteiger partial charge in [-0.15, -0.1) is 0 Å². The number of nitrogens with one attached hydrogen (secondary N) is 1. The first-order valence-corrected chi connectivity index (χ1v) is 7.01. The molecule has 0 spiro atoms. The number of rotatable bonds is 6. The van der Waals surface area contributed by atoms with Gasteiger partial charge < -0.3 is 9.63 Å². The fraction of sp³-hybridized carbons (Fsp3) is 0.600. The molecule has 1 atom stereocenters. The van der Waals surface area contributed by atoms with E-state index in [1.807, 2.05) is 0 Å². The van der Waals surface area contributed by atoms with Crippen LogP contribution < -0.4 is 4.72 Å². The second-order valence-corrected chi connectivity index (χ2v) is 6.12. The maximum Gasteiger partial charge on any atom is 0.321 e. The Morgan fingerprint density at radius 2 is 2.17 bits per heavy atom. The molecule has 0 saturated heterocycles. The molecule has 0 aliphatic carbocycles. The second kappa shape index (κ2) is 5.49. The number of carboxylic acids is 1. The predicted molar refractivity (Wildman–Crippen MR) is 63.3 cm³/mol. The van der Waals surface area contributed by atoms with Gasteiger partial charge in [0.15, 0.2) is 0 Å². The molecule has 0 fully saturated rings. The zero-order valence-electron chi connectivity index (χ0n) is 10.4. The number of carbonyl (C=O) groups is 1. The number of hydrogen-bond acceptors (Lipinski definition) is 5. The van der Waals surface area contributed by atoms with Crippen molar-refractivity contribution in [3.05, 3.63) is 17.5 Å². The first-order chi connectivity index (χ1) is 8.21. The number of aromatic nitrogens is 1. The third-order valence-electron chi connectivity index (χ3n) is 2.25. The summed E-state index contributed by atoms with van der Waals surface area (Å²) in [5.41, 5.74) is 0.243. The highest BCUT2D eigenvalue weighted by Gasteiger charge is 2.27. The lowest BCUT2D eigenvalue weighted by Crippen LogP contribution is -2.44. The Morgan fingerprint density at radius 1 is 1.56 bits per heavy atom. The Bertz CT molecular complexity index is 520. The lowest BCUT2D eigenvalue weighted by atomic mass is 10.1. The lowest BCUT2D eigenvalue weighted by molar-refractivity contribution is -0.140. The third-order valence-corrected chi connectivity index (χ3v) is 3.54.